The molecular weight excluding hydrogens is 585 g/mol. The minimum absolute atomic E-state index is 0.0116. The van der Waals surface area contributed by atoms with Crippen LogP contribution in [0, 0.1) is 5.92 Å². The van der Waals surface area contributed by atoms with E-state index in [1.807, 2.05) is 0 Å². The second kappa shape index (κ2) is 10.8. The number of anilines is 1. The van der Waals surface area contributed by atoms with Crippen LogP contribution in [0.4, 0.5) is 28.4 Å². The van der Waals surface area contributed by atoms with Crippen LogP contribution in [-0.4, -0.2) is 56.8 Å². The number of alkyl halides is 3. The summed E-state index contributed by atoms with van der Waals surface area (Å²) in [6.45, 7) is 5.99. The fraction of sp³-hybridized carbons (Fsp3) is 0.433. The van der Waals surface area contributed by atoms with E-state index in [0.717, 1.165) is 20.4 Å². The Hall–Kier alpha value is -4.62. The van der Waals surface area contributed by atoms with E-state index in [1.54, 1.807) is 27.7 Å². The Morgan fingerprint density at radius 2 is 1.73 bits per heavy atom. The van der Waals surface area contributed by atoms with E-state index in [0.29, 0.717) is 5.52 Å². The Labute approximate surface area is 249 Å². The number of aromatic nitrogens is 2. The Kier molecular flexibility index (Phi) is 7.58. The summed E-state index contributed by atoms with van der Waals surface area (Å²) in [6.07, 6.45) is -5.58. The lowest BCUT2D eigenvalue weighted by Gasteiger charge is -2.40. The van der Waals surface area contributed by atoms with Crippen LogP contribution >= 0.6 is 0 Å². The summed E-state index contributed by atoms with van der Waals surface area (Å²) in [6, 6.07) is 6.06. The molecule has 1 unspecified atom stereocenters. The molecule has 14 heteroatoms. The SMILES string of the molecule is CCOC(=O)C1CN(c2ccc3c(c2)n(C(=O)OC(C)(C)C)c(=O)n3C)C(=O)N([C@@H]2CCc3c2cccc3C(F)(F)F)C1=O. The maximum absolute atomic E-state index is 14.0. The molecule has 234 valence electrons. The topological polar surface area (TPSA) is 120 Å². The van der Waals surface area contributed by atoms with Gasteiger partial charge in [0.15, 0.2) is 5.92 Å². The van der Waals surface area contributed by atoms with E-state index in [2.05, 4.69) is 0 Å². The van der Waals surface area contributed by atoms with E-state index in [1.165, 1.54) is 41.9 Å². The van der Waals surface area contributed by atoms with E-state index in [9.17, 15) is 37.1 Å². The van der Waals surface area contributed by atoms with E-state index in [-0.39, 0.29) is 41.8 Å². The summed E-state index contributed by atoms with van der Waals surface area (Å²) in [7, 11) is 1.46. The molecule has 1 aromatic heterocycles. The minimum atomic E-state index is -4.63. The number of halogens is 3. The first-order chi connectivity index (χ1) is 20.5. The molecule has 3 amide bonds. The van der Waals surface area contributed by atoms with Crippen LogP contribution in [-0.2, 0) is 38.7 Å². The Balaban J connectivity index is 1.62. The Morgan fingerprint density at radius 3 is 2.36 bits per heavy atom. The molecule has 1 saturated heterocycles. The first kappa shape index (κ1) is 30.8. The molecule has 1 aliphatic carbocycles. The van der Waals surface area contributed by atoms with Gasteiger partial charge in [0.05, 0.1) is 35.8 Å². The van der Waals surface area contributed by atoms with Crippen molar-refractivity contribution in [2.45, 2.75) is 58.4 Å². The predicted octanol–water partition coefficient (Wildman–Crippen LogP) is 4.78. The van der Waals surface area contributed by atoms with Gasteiger partial charge in [0.25, 0.3) is 0 Å². The largest absolute Gasteiger partial charge is 0.465 e. The molecule has 11 nitrogen and oxygen atoms in total. The first-order valence-corrected chi connectivity index (χ1v) is 14.0. The van der Waals surface area contributed by atoms with Gasteiger partial charge < -0.3 is 9.47 Å². The van der Waals surface area contributed by atoms with Gasteiger partial charge in [0.2, 0.25) is 5.91 Å². The van der Waals surface area contributed by atoms with Crippen molar-refractivity contribution in [3.8, 4) is 0 Å². The second-order valence-electron chi connectivity index (χ2n) is 11.7. The molecule has 0 saturated carbocycles. The fourth-order valence-corrected chi connectivity index (χ4v) is 5.80. The van der Waals surface area contributed by atoms with Crippen LogP contribution in [0.25, 0.3) is 11.0 Å². The second-order valence-corrected chi connectivity index (χ2v) is 11.7. The van der Waals surface area contributed by atoms with E-state index in [4.69, 9.17) is 9.47 Å². The Morgan fingerprint density at radius 1 is 1.02 bits per heavy atom. The molecule has 1 fully saturated rings. The predicted molar refractivity (Wildman–Crippen MR) is 151 cm³/mol. The lowest BCUT2D eigenvalue weighted by molar-refractivity contribution is -0.155. The van der Waals surface area contributed by atoms with Crippen LogP contribution in [0.5, 0.6) is 0 Å². The van der Waals surface area contributed by atoms with Gasteiger partial charge in [0, 0.05) is 12.7 Å². The number of imide groups is 1. The number of aryl methyl sites for hydroxylation is 1. The zero-order valence-corrected chi connectivity index (χ0v) is 24.7. The lowest BCUT2D eigenvalue weighted by Crippen LogP contribution is -2.59. The highest BCUT2D eigenvalue weighted by atomic mass is 19.4. The zero-order valence-electron chi connectivity index (χ0n) is 24.7. The van der Waals surface area contributed by atoms with Crippen molar-refractivity contribution in [2.75, 3.05) is 18.1 Å². The lowest BCUT2D eigenvalue weighted by atomic mass is 9.98. The molecule has 44 heavy (non-hydrogen) atoms. The average molecular weight is 617 g/mol. The maximum atomic E-state index is 14.0. The van der Waals surface area contributed by atoms with Crippen molar-refractivity contribution in [1.82, 2.24) is 14.0 Å². The molecule has 1 aliphatic heterocycles. The molecule has 2 atom stereocenters. The number of carbonyl (C=O) groups excluding carboxylic acids is 4. The molecule has 0 bridgehead atoms. The van der Waals surface area contributed by atoms with Crippen molar-refractivity contribution >= 4 is 40.7 Å². The molecule has 2 heterocycles. The van der Waals surface area contributed by atoms with Gasteiger partial charge in [-0.2, -0.15) is 17.7 Å². The zero-order chi connectivity index (χ0) is 32.3. The van der Waals surface area contributed by atoms with Gasteiger partial charge >= 0.3 is 30.0 Å². The highest BCUT2D eigenvalue weighted by molar-refractivity contribution is 6.13. The van der Waals surface area contributed by atoms with Crippen molar-refractivity contribution in [3.63, 3.8) is 0 Å². The highest BCUT2D eigenvalue weighted by Gasteiger charge is 2.49. The number of ether oxygens (including phenoxy) is 2. The van der Waals surface area contributed by atoms with Crippen molar-refractivity contribution in [2.24, 2.45) is 13.0 Å². The summed E-state index contributed by atoms with van der Waals surface area (Å²) >= 11 is 0. The van der Waals surface area contributed by atoms with Crippen LogP contribution in [0.15, 0.2) is 41.2 Å². The van der Waals surface area contributed by atoms with Crippen molar-refractivity contribution < 1.29 is 41.8 Å². The number of carbonyl (C=O) groups is 4. The molecular formula is C30H31F3N4O7. The highest BCUT2D eigenvalue weighted by Crippen LogP contribution is 2.44. The van der Waals surface area contributed by atoms with Gasteiger partial charge in [0.1, 0.15) is 5.60 Å². The molecule has 2 aliphatic rings. The number of rotatable bonds is 4. The van der Waals surface area contributed by atoms with Gasteiger partial charge in [-0.1, -0.05) is 12.1 Å². The smallest absolute Gasteiger partial charge is 0.423 e. The first-order valence-electron chi connectivity index (χ1n) is 14.0. The molecule has 5 rings (SSSR count). The number of benzene rings is 2. The standard InChI is InChI=1S/C30H31F3N4O7/c1-6-43-25(39)19-15-35(16-10-12-22-23(14-16)37(26(40)34(22)5)28(42)44-29(2,3)4)27(41)36(24(19)38)21-13-11-17-18(21)8-7-9-20(17)30(31,32)33/h7-10,12,14,19,21H,6,11,13,15H2,1-5H3/t19?,21-/m1/s1. The number of imidazole rings is 1. The van der Waals surface area contributed by atoms with Gasteiger partial charge in [-0.3, -0.25) is 24.0 Å². The summed E-state index contributed by atoms with van der Waals surface area (Å²) in [4.78, 5) is 68.7. The van der Waals surface area contributed by atoms with Crippen molar-refractivity contribution in [1.29, 1.82) is 0 Å². The number of hydrogen-bond donors (Lipinski definition) is 0. The summed E-state index contributed by atoms with van der Waals surface area (Å²) in [5, 5.41) is 0. The van der Waals surface area contributed by atoms with E-state index < -0.39 is 65.5 Å². The summed E-state index contributed by atoms with van der Waals surface area (Å²) in [5.41, 5.74) is -1.72. The number of nitrogens with zero attached hydrogens (tertiary/aromatic N) is 4. The molecule has 2 aromatic carbocycles. The van der Waals surface area contributed by atoms with Gasteiger partial charge in [-0.15, -0.1) is 0 Å². The minimum Gasteiger partial charge on any atom is -0.465 e. The van der Waals surface area contributed by atoms with Crippen LogP contribution in [0.1, 0.15) is 56.8 Å². The molecule has 0 spiro atoms. The van der Waals surface area contributed by atoms with Crippen LogP contribution < -0.4 is 10.6 Å². The Bertz CT molecular complexity index is 1750. The van der Waals surface area contributed by atoms with Gasteiger partial charge in [-0.25, -0.2) is 14.4 Å². The molecule has 3 aromatic rings. The normalized spacial score (nSPS) is 19.0. The number of urea groups is 1. The van der Waals surface area contributed by atoms with Crippen LogP contribution in [0.3, 0.4) is 0 Å². The maximum Gasteiger partial charge on any atom is 0.423 e. The third-order valence-corrected chi connectivity index (χ3v) is 7.69. The fourth-order valence-electron chi connectivity index (χ4n) is 5.80. The summed E-state index contributed by atoms with van der Waals surface area (Å²) < 4.78 is 53.9. The van der Waals surface area contributed by atoms with Crippen LogP contribution in [0.2, 0.25) is 0 Å². The third kappa shape index (κ3) is 5.22. The number of fused-ring (bicyclic) bond motifs is 2. The monoisotopic (exact) mass is 616 g/mol. The number of hydrogen-bond acceptors (Lipinski definition) is 7. The summed E-state index contributed by atoms with van der Waals surface area (Å²) in [5.74, 6) is -3.25. The molecule has 0 N–H and O–H groups in total. The third-order valence-electron chi connectivity index (χ3n) is 7.69. The van der Waals surface area contributed by atoms with Crippen molar-refractivity contribution in [3.05, 3.63) is 63.6 Å². The number of esters is 1. The average Bonchev–Trinajstić information content (AvgIpc) is 3.45. The quantitative estimate of drug-likeness (QED) is 0.306. The van der Waals surface area contributed by atoms with Gasteiger partial charge in [-0.05, 0) is 75.9 Å². The number of amides is 3. The molecule has 0 radical (unpaired) electrons. The van der Waals surface area contributed by atoms with E-state index >= 15 is 0 Å².